The molecule has 1 atom stereocenters. The van der Waals surface area contributed by atoms with Crippen molar-refractivity contribution in [3.63, 3.8) is 0 Å². The van der Waals surface area contributed by atoms with Gasteiger partial charge in [0.05, 0.1) is 10.6 Å². The molecule has 1 unspecified atom stereocenters. The fourth-order valence-electron chi connectivity index (χ4n) is 4.29. The smallest absolute Gasteiger partial charge is 0.264 e. The van der Waals surface area contributed by atoms with E-state index in [4.69, 9.17) is 11.6 Å². The van der Waals surface area contributed by atoms with Crippen LogP contribution in [0.4, 0.5) is 5.69 Å². The lowest BCUT2D eigenvalue weighted by molar-refractivity contribution is -0.139. The van der Waals surface area contributed by atoms with E-state index in [0.29, 0.717) is 22.8 Å². The minimum Gasteiger partial charge on any atom is -0.354 e. The maximum atomic E-state index is 14.1. The largest absolute Gasteiger partial charge is 0.354 e. The summed E-state index contributed by atoms with van der Waals surface area (Å²) < 4.78 is 29.1. The second-order valence-corrected chi connectivity index (χ2v) is 12.3. The highest BCUT2D eigenvalue weighted by Gasteiger charge is 2.33. The molecule has 214 valence electrons. The Balaban J connectivity index is 2.05. The maximum absolute atomic E-state index is 14.1. The number of carbonyl (C=O) groups is 2. The molecule has 0 aliphatic rings. The number of benzene rings is 3. The summed E-state index contributed by atoms with van der Waals surface area (Å²) in [6.07, 6.45) is 1.74. The number of halogens is 1. The van der Waals surface area contributed by atoms with Gasteiger partial charge >= 0.3 is 0 Å². The Labute approximate surface area is 243 Å². The molecule has 0 spiro atoms. The highest BCUT2D eigenvalue weighted by atomic mass is 35.5. The quantitative estimate of drug-likeness (QED) is 0.273. The van der Waals surface area contributed by atoms with Gasteiger partial charge in [0, 0.05) is 18.1 Å². The zero-order valence-corrected chi connectivity index (χ0v) is 25.3. The molecule has 0 saturated carbocycles. The van der Waals surface area contributed by atoms with Crippen LogP contribution in [0, 0.1) is 20.8 Å². The van der Waals surface area contributed by atoms with Crippen LogP contribution < -0.4 is 9.62 Å². The minimum absolute atomic E-state index is 0.0566. The Hall–Kier alpha value is -3.36. The van der Waals surface area contributed by atoms with Gasteiger partial charge in [-0.15, -0.1) is 0 Å². The van der Waals surface area contributed by atoms with E-state index < -0.39 is 28.5 Å². The van der Waals surface area contributed by atoms with Gasteiger partial charge in [0.1, 0.15) is 12.6 Å². The molecule has 7 nitrogen and oxygen atoms in total. The van der Waals surface area contributed by atoms with E-state index in [9.17, 15) is 18.0 Å². The van der Waals surface area contributed by atoms with Crippen LogP contribution in [0.5, 0.6) is 0 Å². The summed E-state index contributed by atoms with van der Waals surface area (Å²) in [5.41, 5.74) is 3.69. The number of carbonyl (C=O) groups excluding carboxylic acids is 2. The highest BCUT2D eigenvalue weighted by molar-refractivity contribution is 7.92. The number of sulfonamides is 1. The molecule has 0 bridgehead atoms. The van der Waals surface area contributed by atoms with E-state index in [1.807, 2.05) is 45.0 Å². The lowest BCUT2D eigenvalue weighted by Crippen LogP contribution is -2.51. The molecule has 0 aromatic heterocycles. The van der Waals surface area contributed by atoms with Gasteiger partial charge < -0.3 is 10.2 Å². The van der Waals surface area contributed by atoms with Crippen LogP contribution in [0.2, 0.25) is 5.02 Å². The van der Waals surface area contributed by atoms with Crippen molar-refractivity contribution < 1.29 is 18.0 Å². The minimum atomic E-state index is -4.16. The third-order valence-electron chi connectivity index (χ3n) is 6.93. The number of nitrogens with one attached hydrogen (secondary N) is 1. The molecule has 9 heteroatoms. The average Bonchev–Trinajstić information content (AvgIpc) is 2.92. The van der Waals surface area contributed by atoms with Gasteiger partial charge in [-0.25, -0.2) is 8.42 Å². The molecule has 0 saturated heterocycles. The van der Waals surface area contributed by atoms with E-state index >= 15 is 0 Å². The van der Waals surface area contributed by atoms with Crippen LogP contribution in [-0.4, -0.2) is 44.3 Å². The molecule has 0 radical (unpaired) electrons. The Kier molecular flexibility index (Phi) is 10.8. The number of hydrogen-bond donors (Lipinski definition) is 1. The van der Waals surface area contributed by atoms with Gasteiger partial charge in [0.15, 0.2) is 0 Å². The van der Waals surface area contributed by atoms with Gasteiger partial charge in [-0.05, 0) is 75.1 Å². The molecule has 0 heterocycles. The maximum Gasteiger partial charge on any atom is 0.264 e. The summed E-state index contributed by atoms with van der Waals surface area (Å²) in [5, 5.41) is 3.24. The molecule has 3 rings (SSSR count). The van der Waals surface area contributed by atoms with Crippen LogP contribution in [-0.2, 0) is 26.2 Å². The van der Waals surface area contributed by atoms with Crippen molar-refractivity contribution in [1.82, 2.24) is 10.2 Å². The molecule has 0 aliphatic heterocycles. The number of aryl methyl sites for hydroxylation is 3. The van der Waals surface area contributed by atoms with Gasteiger partial charge in [0.2, 0.25) is 11.8 Å². The molecule has 0 aliphatic carbocycles. The van der Waals surface area contributed by atoms with E-state index in [1.54, 1.807) is 44.2 Å². The van der Waals surface area contributed by atoms with E-state index in [-0.39, 0.29) is 17.3 Å². The molecule has 3 aromatic carbocycles. The van der Waals surface area contributed by atoms with E-state index in [2.05, 4.69) is 5.32 Å². The first-order valence-corrected chi connectivity index (χ1v) is 15.2. The number of unbranched alkanes of at least 4 members (excludes halogenated alkanes) is 1. The zero-order valence-electron chi connectivity index (χ0n) is 23.8. The topological polar surface area (TPSA) is 86.8 Å². The van der Waals surface area contributed by atoms with Crippen LogP contribution >= 0.6 is 11.6 Å². The molecular formula is C31H38ClN3O4S. The molecule has 0 fully saturated rings. The molecule has 2 amide bonds. The van der Waals surface area contributed by atoms with Crippen molar-refractivity contribution in [3.8, 4) is 0 Å². The fourth-order valence-corrected chi connectivity index (χ4v) is 5.93. The van der Waals surface area contributed by atoms with Crippen molar-refractivity contribution in [2.24, 2.45) is 0 Å². The van der Waals surface area contributed by atoms with Crippen LogP contribution in [0.25, 0.3) is 0 Å². The zero-order chi connectivity index (χ0) is 29.4. The van der Waals surface area contributed by atoms with Crippen LogP contribution in [0.15, 0.2) is 71.6 Å². The van der Waals surface area contributed by atoms with Crippen molar-refractivity contribution in [3.05, 3.63) is 94.0 Å². The predicted octanol–water partition coefficient (Wildman–Crippen LogP) is 5.79. The number of rotatable bonds is 12. The second kappa shape index (κ2) is 13.8. The van der Waals surface area contributed by atoms with Crippen molar-refractivity contribution in [1.29, 1.82) is 0 Å². The van der Waals surface area contributed by atoms with Crippen LogP contribution in [0.1, 0.15) is 48.9 Å². The predicted molar refractivity (Wildman–Crippen MR) is 161 cm³/mol. The monoisotopic (exact) mass is 583 g/mol. The number of amides is 2. The Morgan fingerprint density at radius 2 is 1.62 bits per heavy atom. The third kappa shape index (κ3) is 7.64. The molecule has 40 heavy (non-hydrogen) atoms. The summed E-state index contributed by atoms with van der Waals surface area (Å²) >= 11 is 6.28. The SMILES string of the molecule is CCCCNC(=O)C(C)N(Cc1ccccc1C)C(=O)CN(c1cc(Cl)ccc1C)S(=O)(=O)c1ccc(C)cc1. The lowest BCUT2D eigenvalue weighted by atomic mass is 10.1. The lowest BCUT2D eigenvalue weighted by Gasteiger charge is -2.32. The summed E-state index contributed by atoms with van der Waals surface area (Å²) in [4.78, 5) is 28.6. The van der Waals surface area contributed by atoms with E-state index in [0.717, 1.165) is 33.8 Å². The highest BCUT2D eigenvalue weighted by Crippen LogP contribution is 2.30. The first kappa shape index (κ1) is 31.2. The van der Waals surface area contributed by atoms with Crippen molar-refractivity contribution in [2.45, 2.75) is 64.9 Å². The van der Waals surface area contributed by atoms with Gasteiger partial charge in [-0.3, -0.25) is 13.9 Å². The normalized spacial score (nSPS) is 12.1. The third-order valence-corrected chi connectivity index (χ3v) is 8.94. The summed E-state index contributed by atoms with van der Waals surface area (Å²) in [5.74, 6) is -0.793. The summed E-state index contributed by atoms with van der Waals surface area (Å²) in [7, 11) is -4.16. The standard InChI is InChI=1S/C31H38ClN3O4S/c1-6-7-18-33-31(37)25(5)34(20-26-11-9-8-10-23(26)3)30(36)21-35(29-19-27(32)15-14-24(29)4)40(38,39)28-16-12-22(2)13-17-28/h8-17,19,25H,6-7,18,20-21H2,1-5H3,(H,33,37). The first-order chi connectivity index (χ1) is 18.9. The molecule has 1 N–H and O–H groups in total. The number of hydrogen-bond acceptors (Lipinski definition) is 4. The van der Waals surface area contributed by atoms with Crippen molar-refractivity contribution >= 4 is 39.1 Å². The van der Waals surface area contributed by atoms with Gasteiger partial charge in [-0.1, -0.05) is 73.0 Å². The molecular weight excluding hydrogens is 546 g/mol. The fraction of sp³-hybridized carbons (Fsp3) is 0.355. The Bertz CT molecular complexity index is 1440. The second-order valence-electron chi connectivity index (χ2n) is 10.0. The van der Waals surface area contributed by atoms with Gasteiger partial charge in [-0.2, -0.15) is 0 Å². The van der Waals surface area contributed by atoms with Crippen molar-refractivity contribution in [2.75, 3.05) is 17.4 Å². The number of nitrogens with zero attached hydrogens (tertiary/aromatic N) is 2. The summed E-state index contributed by atoms with van der Waals surface area (Å²) in [6.45, 7) is 9.43. The number of anilines is 1. The van der Waals surface area contributed by atoms with E-state index in [1.165, 1.54) is 17.0 Å². The van der Waals surface area contributed by atoms with Crippen LogP contribution in [0.3, 0.4) is 0 Å². The van der Waals surface area contributed by atoms with Gasteiger partial charge in [0.25, 0.3) is 10.0 Å². The summed E-state index contributed by atoms with van der Waals surface area (Å²) in [6, 6.07) is 18.2. The Morgan fingerprint density at radius 3 is 2.27 bits per heavy atom. The first-order valence-electron chi connectivity index (χ1n) is 13.4. The molecule has 3 aromatic rings. The Morgan fingerprint density at radius 1 is 0.950 bits per heavy atom. The average molecular weight is 584 g/mol.